The van der Waals surface area contributed by atoms with E-state index in [2.05, 4.69) is 15.5 Å². The molecule has 7 nitrogen and oxygen atoms in total. The third-order valence-corrected chi connectivity index (χ3v) is 2.69. The fraction of sp³-hybridized carbons (Fsp3) is 0.333. The molecule has 0 aliphatic carbocycles. The number of carboxylic acid groups (broad SMARTS) is 1. The van der Waals surface area contributed by atoms with Crippen molar-refractivity contribution in [2.45, 2.75) is 19.1 Å². The fourth-order valence-electron chi connectivity index (χ4n) is 1.79. The molecule has 0 fully saturated rings. The summed E-state index contributed by atoms with van der Waals surface area (Å²) in [5.41, 5.74) is 0.911. The Bertz CT molecular complexity index is 541. The maximum atomic E-state index is 11.4. The van der Waals surface area contributed by atoms with Gasteiger partial charge in [-0.1, -0.05) is 30.3 Å². The Kier molecular flexibility index (Phi) is 4.19. The lowest BCUT2D eigenvalue weighted by atomic mass is 10.1. The van der Waals surface area contributed by atoms with E-state index < -0.39 is 12.0 Å². The van der Waals surface area contributed by atoms with Crippen molar-refractivity contribution in [1.82, 2.24) is 20.2 Å². The number of aromatic nitrogens is 4. The number of aliphatic carboxylic acids is 1. The topological polar surface area (TPSA) is 90.1 Å². The van der Waals surface area contributed by atoms with E-state index in [1.165, 1.54) is 11.8 Å². The summed E-state index contributed by atoms with van der Waals surface area (Å²) in [4.78, 5) is 11.4. The molecule has 1 aromatic carbocycles. The number of hydrogen-bond acceptors (Lipinski definition) is 5. The van der Waals surface area contributed by atoms with Gasteiger partial charge in [-0.2, -0.15) is 0 Å². The lowest BCUT2D eigenvalue weighted by Gasteiger charge is -2.13. The number of carboxylic acids is 1. The average molecular weight is 262 g/mol. The normalized spacial score (nSPS) is 12.3. The highest BCUT2D eigenvalue weighted by atomic mass is 16.5. The molecule has 1 atom stereocenters. The fourth-order valence-corrected chi connectivity index (χ4v) is 1.79. The molecule has 2 aromatic rings. The largest absolute Gasteiger partial charge is 0.480 e. The molecule has 0 radical (unpaired) electrons. The van der Waals surface area contributed by atoms with Gasteiger partial charge < -0.3 is 9.84 Å². The Morgan fingerprint density at radius 1 is 1.42 bits per heavy atom. The van der Waals surface area contributed by atoms with E-state index in [1.807, 2.05) is 30.3 Å². The second-order valence-electron chi connectivity index (χ2n) is 4.02. The predicted octanol–water partition coefficient (Wildman–Crippen LogP) is 0.688. The van der Waals surface area contributed by atoms with Gasteiger partial charge in [0, 0.05) is 13.5 Å². The summed E-state index contributed by atoms with van der Waals surface area (Å²) in [6.45, 7) is 0.172. The Hall–Kier alpha value is -2.28. The zero-order valence-corrected chi connectivity index (χ0v) is 10.4. The minimum Gasteiger partial charge on any atom is -0.480 e. The van der Waals surface area contributed by atoms with Crippen LogP contribution in [0.2, 0.25) is 0 Å². The van der Waals surface area contributed by atoms with E-state index in [0.717, 1.165) is 5.56 Å². The molecule has 7 heteroatoms. The summed E-state index contributed by atoms with van der Waals surface area (Å²) in [6.07, 6.45) is 0.317. The van der Waals surface area contributed by atoms with Crippen molar-refractivity contribution in [3.63, 3.8) is 0 Å². The summed E-state index contributed by atoms with van der Waals surface area (Å²) < 4.78 is 6.24. The van der Waals surface area contributed by atoms with Crippen LogP contribution in [0.1, 0.15) is 17.4 Å². The van der Waals surface area contributed by atoms with Gasteiger partial charge in [0.05, 0.1) is 0 Å². The van der Waals surface area contributed by atoms with Gasteiger partial charge in [0.15, 0.2) is 11.9 Å². The number of rotatable bonds is 6. The average Bonchev–Trinajstić information content (AvgIpc) is 2.85. The van der Waals surface area contributed by atoms with Gasteiger partial charge in [-0.3, -0.25) is 0 Å². The van der Waals surface area contributed by atoms with E-state index >= 15 is 0 Å². The predicted molar refractivity (Wildman–Crippen MR) is 65.3 cm³/mol. The van der Waals surface area contributed by atoms with E-state index in [9.17, 15) is 9.90 Å². The van der Waals surface area contributed by atoms with Gasteiger partial charge >= 0.3 is 5.97 Å². The van der Waals surface area contributed by atoms with Crippen LogP contribution in [0, 0.1) is 0 Å². The molecule has 1 aromatic heterocycles. The summed E-state index contributed by atoms with van der Waals surface area (Å²) in [7, 11) is 1.51. The van der Waals surface area contributed by atoms with Crippen LogP contribution in [0.25, 0.3) is 0 Å². The van der Waals surface area contributed by atoms with Crippen LogP contribution in [-0.4, -0.2) is 38.4 Å². The number of benzene rings is 1. The van der Waals surface area contributed by atoms with E-state index in [-0.39, 0.29) is 6.61 Å². The number of nitrogens with zero attached hydrogens (tertiary/aromatic N) is 4. The van der Waals surface area contributed by atoms with Gasteiger partial charge in [0.2, 0.25) is 0 Å². The molecular weight excluding hydrogens is 248 g/mol. The third kappa shape index (κ3) is 3.14. The molecule has 2 rings (SSSR count). The van der Waals surface area contributed by atoms with E-state index in [1.54, 1.807) is 0 Å². The van der Waals surface area contributed by atoms with Crippen molar-refractivity contribution in [2.24, 2.45) is 0 Å². The minimum absolute atomic E-state index is 0.172. The van der Waals surface area contributed by atoms with Gasteiger partial charge in [-0.15, -0.1) is 5.10 Å². The van der Waals surface area contributed by atoms with Crippen molar-refractivity contribution >= 4 is 5.97 Å². The molecule has 1 N–H and O–H groups in total. The number of carbonyl (C=O) groups is 1. The van der Waals surface area contributed by atoms with E-state index in [0.29, 0.717) is 12.2 Å². The Morgan fingerprint density at radius 2 is 2.16 bits per heavy atom. The summed E-state index contributed by atoms with van der Waals surface area (Å²) in [5.74, 6) is -0.584. The second-order valence-corrected chi connectivity index (χ2v) is 4.02. The van der Waals surface area contributed by atoms with Crippen molar-refractivity contribution in [3.05, 3.63) is 41.7 Å². The first-order valence-corrected chi connectivity index (χ1v) is 5.74. The van der Waals surface area contributed by atoms with Gasteiger partial charge in [0.25, 0.3) is 0 Å². The smallest absolute Gasteiger partial charge is 0.328 e. The highest BCUT2D eigenvalue weighted by Crippen LogP contribution is 2.15. The highest BCUT2D eigenvalue weighted by Gasteiger charge is 2.24. The van der Waals surface area contributed by atoms with Gasteiger partial charge in [-0.05, 0) is 16.0 Å². The monoisotopic (exact) mass is 262 g/mol. The Balaban J connectivity index is 2.25. The van der Waals surface area contributed by atoms with Crippen molar-refractivity contribution < 1.29 is 14.6 Å². The lowest BCUT2D eigenvalue weighted by Crippen LogP contribution is -2.24. The van der Waals surface area contributed by atoms with Gasteiger partial charge in [-0.25, -0.2) is 9.48 Å². The maximum Gasteiger partial charge on any atom is 0.328 e. The van der Waals surface area contributed by atoms with Crippen LogP contribution >= 0.6 is 0 Å². The molecule has 0 spiro atoms. The third-order valence-electron chi connectivity index (χ3n) is 2.69. The highest BCUT2D eigenvalue weighted by molar-refractivity contribution is 5.72. The lowest BCUT2D eigenvalue weighted by molar-refractivity contribution is -0.141. The van der Waals surface area contributed by atoms with Crippen molar-refractivity contribution in [3.8, 4) is 0 Å². The van der Waals surface area contributed by atoms with Crippen molar-refractivity contribution in [2.75, 3.05) is 7.11 Å². The first kappa shape index (κ1) is 13.2. The number of hydrogen-bond donors (Lipinski definition) is 1. The Morgan fingerprint density at radius 3 is 2.79 bits per heavy atom. The molecule has 100 valence electrons. The molecule has 0 amide bonds. The maximum absolute atomic E-state index is 11.4. The second kappa shape index (κ2) is 6.05. The van der Waals surface area contributed by atoms with Crippen LogP contribution in [0.3, 0.4) is 0 Å². The molecule has 0 aliphatic rings. The quantitative estimate of drug-likeness (QED) is 0.823. The van der Waals surface area contributed by atoms with Crippen LogP contribution in [-0.2, 0) is 22.6 Å². The summed E-state index contributed by atoms with van der Waals surface area (Å²) in [6, 6.07) is 8.51. The SMILES string of the molecule is COCc1nnnn1C(Cc1ccccc1)C(=O)O. The van der Waals surface area contributed by atoms with Crippen LogP contribution in [0.15, 0.2) is 30.3 Å². The van der Waals surface area contributed by atoms with Crippen LogP contribution < -0.4 is 0 Å². The standard InChI is InChI=1S/C12H14N4O3/c1-19-8-11-13-14-15-16(11)10(12(17)18)7-9-5-3-2-4-6-9/h2-6,10H,7-8H2,1H3,(H,17,18). The minimum atomic E-state index is -0.978. The van der Waals surface area contributed by atoms with Crippen molar-refractivity contribution in [1.29, 1.82) is 0 Å². The Labute approximate surface area is 109 Å². The van der Waals surface area contributed by atoms with Crippen LogP contribution in [0.4, 0.5) is 0 Å². The first-order chi connectivity index (χ1) is 9.22. The van der Waals surface area contributed by atoms with Crippen LogP contribution in [0.5, 0.6) is 0 Å². The molecular formula is C12H14N4O3. The zero-order chi connectivity index (χ0) is 13.7. The molecule has 0 bridgehead atoms. The molecule has 19 heavy (non-hydrogen) atoms. The van der Waals surface area contributed by atoms with E-state index in [4.69, 9.17) is 4.74 Å². The molecule has 1 heterocycles. The number of ether oxygens (including phenoxy) is 1. The molecule has 0 saturated heterocycles. The number of methoxy groups -OCH3 is 1. The first-order valence-electron chi connectivity index (χ1n) is 5.74. The number of tetrazole rings is 1. The summed E-state index contributed by atoms with van der Waals surface area (Å²) >= 11 is 0. The molecule has 0 aliphatic heterocycles. The van der Waals surface area contributed by atoms with Gasteiger partial charge in [0.1, 0.15) is 6.61 Å². The molecule has 1 unspecified atom stereocenters. The summed E-state index contributed by atoms with van der Waals surface area (Å²) in [5, 5.41) is 20.4. The molecule has 0 saturated carbocycles. The zero-order valence-electron chi connectivity index (χ0n) is 10.4.